The Bertz CT molecular complexity index is 725. The molecule has 2 aromatic rings. The third kappa shape index (κ3) is 5.11. The standard InChI is InChI=1S/C21H20O2/c1-2-17(18-9-4-3-5-10-18)13-8-14-19-11-6-7-12-20(19)15-16-21(22)23/h2-14H,1,15-16H2,(H,22,23). The van der Waals surface area contributed by atoms with Gasteiger partial charge in [-0.1, -0.05) is 85.5 Å². The van der Waals surface area contributed by atoms with E-state index in [1.54, 1.807) is 0 Å². The molecule has 0 saturated heterocycles. The van der Waals surface area contributed by atoms with Crippen molar-refractivity contribution in [2.24, 2.45) is 0 Å². The van der Waals surface area contributed by atoms with E-state index in [-0.39, 0.29) is 6.42 Å². The smallest absolute Gasteiger partial charge is 0.303 e. The molecule has 2 rings (SSSR count). The molecule has 0 aliphatic rings. The van der Waals surface area contributed by atoms with Crippen LogP contribution in [0.15, 0.2) is 79.4 Å². The number of benzene rings is 2. The number of carboxylic acids is 1. The van der Waals surface area contributed by atoms with Crippen molar-refractivity contribution in [3.05, 3.63) is 96.1 Å². The lowest BCUT2D eigenvalue weighted by atomic mass is 10.0. The highest BCUT2D eigenvalue weighted by atomic mass is 16.4. The molecule has 0 amide bonds. The highest BCUT2D eigenvalue weighted by Gasteiger charge is 2.02. The Kier molecular flexibility index (Phi) is 6.13. The monoisotopic (exact) mass is 304 g/mol. The van der Waals surface area contributed by atoms with Gasteiger partial charge in [0.25, 0.3) is 0 Å². The highest BCUT2D eigenvalue weighted by Crippen LogP contribution is 2.17. The summed E-state index contributed by atoms with van der Waals surface area (Å²) >= 11 is 0. The average molecular weight is 304 g/mol. The van der Waals surface area contributed by atoms with Gasteiger partial charge in [-0.05, 0) is 28.7 Å². The normalized spacial score (nSPS) is 11.6. The zero-order valence-electron chi connectivity index (χ0n) is 13.0. The minimum absolute atomic E-state index is 0.141. The first kappa shape index (κ1) is 16.5. The fraction of sp³-hybridized carbons (Fsp3) is 0.0952. The summed E-state index contributed by atoms with van der Waals surface area (Å²) < 4.78 is 0. The molecule has 0 unspecified atom stereocenters. The summed E-state index contributed by atoms with van der Waals surface area (Å²) in [6.07, 6.45) is 8.49. The Morgan fingerprint density at radius 1 is 1.04 bits per heavy atom. The van der Waals surface area contributed by atoms with Gasteiger partial charge in [-0.3, -0.25) is 4.79 Å². The number of carbonyl (C=O) groups is 1. The second kappa shape index (κ2) is 8.54. The van der Waals surface area contributed by atoms with Crippen molar-refractivity contribution in [2.75, 3.05) is 0 Å². The van der Waals surface area contributed by atoms with E-state index in [2.05, 4.69) is 6.58 Å². The van der Waals surface area contributed by atoms with Gasteiger partial charge >= 0.3 is 5.97 Å². The number of carboxylic acid groups (broad SMARTS) is 1. The van der Waals surface area contributed by atoms with Gasteiger partial charge in [0.1, 0.15) is 0 Å². The molecule has 0 saturated carbocycles. The van der Waals surface area contributed by atoms with Crippen LogP contribution in [0.25, 0.3) is 11.6 Å². The van der Waals surface area contributed by atoms with E-state index in [0.717, 1.165) is 22.3 Å². The highest BCUT2D eigenvalue weighted by molar-refractivity contribution is 5.75. The van der Waals surface area contributed by atoms with Crippen LogP contribution < -0.4 is 0 Å². The minimum atomic E-state index is -0.776. The SMILES string of the molecule is C=CC(=CC=Cc1ccccc1CCC(=O)O)c1ccccc1. The second-order valence-electron chi connectivity index (χ2n) is 5.14. The van der Waals surface area contributed by atoms with Crippen LogP contribution in [0, 0.1) is 0 Å². The van der Waals surface area contributed by atoms with Crippen LogP contribution in [0.1, 0.15) is 23.1 Å². The number of aliphatic carboxylic acids is 1. The van der Waals surface area contributed by atoms with Gasteiger partial charge in [0.05, 0.1) is 0 Å². The summed E-state index contributed by atoms with van der Waals surface area (Å²) in [7, 11) is 0. The molecule has 0 aliphatic heterocycles. The molecular weight excluding hydrogens is 284 g/mol. The predicted octanol–water partition coefficient (Wildman–Crippen LogP) is 4.99. The van der Waals surface area contributed by atoms with Gasteiger partial charge in [0.15, 0.2) is 0 Å². The van der Waals surface area contributed by atoms with Crippen LogP contribution in [0.4, 0.5) is 0 Å². The van der Waals surface area contributed by atoms with Gasteiger partial charge in [0, 0.05) is 6.42 Å². The zero-order chi connectivity index (χ0) is 16.5. The molecule has 1 N–H and O–H groups in total. The third-order valence-corrected chi connectivity index (χ3v) is 3.54. The van der Waals surface area contributed by atoms with Crippen molar-refractivity contribution < 1.29 is 9.90 Å². The van der Waals surface area contributed by atoms with Crippen molar-refractivity contribution in [1.29, 1.82) is 0 Å². The van der Waals surface area contributed by atoms with Crippen LogP contribution in [0.5, 0.6) is 0 Å². The van der Waals surface area contributed by atoms with E-state index >= 15 is 0 Å². The van der Waals surface area contributed by atoms with E-state index in [9.17, 15) is 4.79 Å². The number of aryl methyl sites for hydroxylation is 1. The Labute approximate surface area is 137 Å². The second-order valence-corrected chi connectivity index (χ2v) is 5.14. The minimum Gasteiger partial charge on any atom is -0.481 e. The molecule has 0 heterocycles. The largest absolute Gasteiger partial charge is 0.481 e. The lowest BCUT2D eigenvalue weighted by molar-refractivity contribution is -0.136. The lowest BCUT2D eigenvalue weighted by Gasteiger charge is -2.04. The molecule has 0 spiro atoms. The molecule has 116 valence electrons. The van der Waals surface area contributed by atoms with Crippen LogP contribution in [-0.4, -0.2) is 11.1 Å². The van der Waals surface area contributed by atoms with Crippen LogP contribution in [0.2, 0.25) is 0 Å². The number of allylic oxidation sites excluding steroid dienone is 4. The molecule has 23 heavy (non-hydrogen) atoms. The van der Waals surface area contributed by atoms with Crippen molar-refractivity contribution in [2.45, 2.75) is 12.8 Å². The fourth-order valence-electron chi connectivity index (χ4n) is 2.33. The first-order valence-electron chi connectivity index (χ1n) is 7.56. The Balaban J connectivity index is 2.18. The van der Waals surface area contributed by atoms with Gasteiger partial charge in [-0.2, -0.15) is 0 Å². The molecule has 0 aromatic heterocycles. The molecular formula is C21H20O2. The number of rotatable bonds is 7. The van der Waals surface area contributed by atoms with Crippen LogP contribution >= 0.6 is 0 Å². The van der Waals surface area contributed by atoms with E-state index in [0.29, 0.717) is 6.42 Å². The summed E-state index contributed by atoms with van der Waals surface area (Å²) in [6, 6.07) is 17.9. The summed E-state index contributed by atoms with van der Waals surface area (Å²) in [5.74, 6) is -0.776. The zero-order valence-corrected chi connectivity index (χ0v) is 13.0. The summed E-state index contributed by atoms with van der Waals surface area (Å²) in [6.45, 7) is 3.86. The third-order valence-electron chi connectivity index (χ3n) is 3.54. The lowest BCUT2D eigenvalue weighted by Crippen LogP contribution is -1.98. The van der Waals surface area contributed by atoms with Gasteiger partial charge in [-0.25, -0.2) is 0 Å². The Morgan fingerprint density at radius 3 is 2.43 bits per heavy atom. The van der Waals surface area contributed by atoms with E-state index < -0.39 is 5.97 Å². The maximum Gasteiger partial charge on any atom is 0.303 e. The molecule has 2 nitrogen and oxygen atoms in total. The molecule has 0 fully saturated rings. The maximum absolute atomic E-state index is 10.7. The molecule has 0 bridgehead atoms. The molecule has 0 radical (unpaired) electrons. The van der Waals surface area contributed by atoms with Crippen molar-refractivity contribution >= 4 is 17.6 Å². The topological polar surface area (TPSA) is 37.3 Å². The summed E-state index contributed by atoms with van der Waals surface area (Å²) in [5, 5.41) is 8.83. The Morgan fingerprint density at radius 2 is 1.74 bits per heavy atom. The van der Waals surface area contributed by atoms with Crippen LogP contribution in [0.3, 0.4) is 0 Å². The van der Waals surface area contributed by atoms with Gasteiger partial charge in [-0.15, -0.1) is 0 Å². The van der Waals surface area contributed by atoms with E-state index in [1.165, 1.54) is 0 Å². The van der Waals surface area contributed by atoms with E-state index in [1.807, 2.05) is 78.9 Å². The van der Waals surface area contributed by atoms with Crippen LogP contribution in [-0.2, 0) is 11.2 Å². The predicted molar refractivity (Wildman–Crippen MR) is 96.0 cm³/mol. The fourth-order valence-corrected chi connectivity index (χ4v) is 2.33. The van der Waals surface area contributed by atoms with Gasteiger partial charge in [0.2, 0.25) is 0 Å². The van der Waals surface area contributed by atoms with E-state index in [4.69, 9.17) is 5.11 Å². The number of hydrogen-bond donors (Lipinski definition) is 1. The van der Waals surface area contributed by atoms with Crippen molar-refractivity contribution in [3.63, 3.8) is 0 Å². The molecule has 0 atom stereocenters. The average Bonchev–Trinajstić information content (AvgIpc) is 2.58. The first-order valence-corrected chi connectivity index (χ1v) is 7.56. The molecule has 2 heteroatoms. The number of hydrogen-bond acceptors (Lipinski definition) is 1. The maximum atomic E-state index is 10.7. The molecule has 0 aliphatic carbocycles. The van der Waals surface area contributed by atoms with Gasteiger partial charge < -0.3 is 5.11 Å². The van der Waals surface area contributed by atoms with Crippen molar-refractivity contribution in [1.82, 2.24) is 0 Å². The summed E-state index contributed by atoms with van der Waals surface area (Å²) in [4.78, 5) is 10.7. The Hall–Kier alpha value is -2.87. The molecule has 2 aromatic carbocycles. The van der Waals surface area contributed by atoms with Crippen molar-refractivity contribution in [3.8, 4) is 0 Å². The summed E-state index contributed by atoms with van der Waals surface area (Å²) in [5.41, 5.74) is 4.25. The quantitative estimate of drug-likeness (QED) is 0.732. The first-order chi connectivity index (χ1) is 11.2.